The highest BCUT2D eigenvalue weighted by Crippen LogP contribution is 2.29. The lowest BCUT2D eigenvalue weighted by Crippen LogP contribution is -2.10. The maximum Gasteiger partial charge on any atom is 0.0987 e. The fourth-order valence-corrected chi connectivity index (χ4v) is 2.42. The number of aliphatic hydroxyl groups is 1. The molecule has 13 heavy (non-hydrogen) atoms. The highest BCUT2D eigenvalue weighted by atomic mass is 32.1. The third kappa shape index (κ3) is 2.29. The Labute approximate surface area is 83.6 Å². The quantitative estimate of drug-likeness (QED) is 0.811. The van der Waals surface area contributed by atoms with Crippen molar-refractivity contribution in [2.75, 3.05) is 6.61 Å². The van der Waals surface area contributed by atoms with Crippen molar-refractivity contribution < 1.29 is 5.11 Å². The second-order valence-electron chi connectivity index (χ2n) is 3.73. The summed E-state index contributed by atoms with van der Waals surface area (Å²) in [5, 5.41) is 10.3. The Kier molecular flexibility index (Phi) is 3.45. The summed E-state index contributed by atoms with van der Waals surface area (Å²) in [6.45, 7) is 8.53. The van der Waals surface area contributed by atoms with E-state index in [-0.39, 0.29) is 12.5 Å². The summed E-state index contributed by atoms with van der Waals surface area (Å²) in [5.74, 6) is 0.660. The topological polar surface area (TPSA) is 33.1 Å². The van der Waals surface area contributed by atoms with Crippen molar-refractivity contribution in [2.45, 2.75) is 33.6 Å². The minimum atomic E-state index is 0.198. The minimum Gasteiger partial charge on any atom is -0.396 e. The first-order valence-electron chi connectivity index (χ1n) is 4.61. The number of nitrogens with zero attached hydrogens (tertiary/aromatic N) is 1. The summed E-state index contributed by atoms with van der Waals surface area (Å²) in [5.41, 5.74) is 1.10. The van der Waals surface area contributed by atoms with Crippen LogP contribution in [0, 0.1) is 19.8 Å². The largest absolute Gasteiger partial charge is 0.396 e. The van der Waals surface area contributed by atoms with Crippen molar-refractivity contribution in [1.29, 1.82) is 0 Å². The number of aryl methyl sites for hydroxylation is 2. The Balaban J connectivity index is 2.92. The summed E-state index contributed by atoms with van der Waals surface area (Å²) < 4.78 is 0. The summed E-state index contributed by atoms with van der Waals surface area (Å²) in [4.78, 5) is 5.72. The second-order valence-corrected chi connectivity index (χ2v) is 4.96. The third-order valence-corrected chi connectivity index (χ3v) is 3.57. The standard InChI is InChI=1S/C10H17NOS/c1-6(2)9(5-12)10-11-7(3)8(4)13-10/h6,9,12H,5H2,1-4H3. The molecule has 0 spiro atoms. The number of hydrogen-bond acceptors (Lipinski definition) is 3. The zero-order valence-corrected chi connectivity index (χ0v) is 9.48. The molecule has 1 unspecified atom stereocenters. The zero-order chi connectivity index (χ0) is 10.0. The molecule has 0 aliphatic heterocycles. The Morgan fingerprint density at radius 1 is 1.38 bits per heavy atom. The molecule has 0 aliphatic carbocycles. The Hall–Kier alpha value is -0.410. The molecule has 1 aromatic heterocycles. The summed E-state index contributed by atoms with van der Waals surface area (Å²) in [7, 11) is 0. The predicted octanol–water partition coefficient (Wildman–Crippen LogP) is 2.49. The van der Waals surface area contributed by atoms with Crippen LogP contribution in [-0.2, 0) is 0 Å². The Morgan fingerprint density at radius 3 is 2.31 bits per heavy atom. The first-order valence-corrected chi connectivity index (χ1v) is 5.42. The lowest BCUT2D eigenvalue weighted by atomic mass is 9.98. The van der Waals surface area contributed by atoms with Crippen LogP contribution in [-0.4, -0.2) is 16.7 Å². The molecule has 0 aliphatic rings. The lowest BCUT2D eigenvalue weighted by molar-refractivity contribution is 0.237. The van der Waals surface area contributed by atoms with Crippen LogP contribution in [0.5, 0.6) is 0 Å². The van der Waals surface area contributed by atoms with Crippen LogP contribution < -0.4 is 0 Å². The van der Waals surface area contributed by atoms with Crippen LogP contribution in [0.3, 0.4) is 0 Å². The molecule has 0 aromatic carbocycles. The molecular formula is C10H17NOS. The molecule has 0 bridgehead atoms. The van der Waals surface area contributed by atoms with Gasteiger partial charge >= 0.3 is 0 Å². The van der Waals surface area contributed by atoms with Crippen molar-refractivity contribution in [2.24, 2.45) is 5.92 Å². The molecule has 0 saturated carbocycles. The van der Waals surface area contributed by atoms with E-state index in [1.807, 2.05) is 6.92 Å². The van der Waals surface area contributed by atoms with E-state index in [1.165, 1.54) is 4.88 Å². The number of aliphatic hydroxyl groups excluding tert-OH is 1. The van der Waals surface area contributed by atoms with E-state index in [0.717, 1.165) is 10.7 Å². The smallest absolute Gasteiger partial charge is 0.0987 e. The van der Waals surface area contributed by atoms with E-state index in [2.05, 4.69) is 25.8 Å². The van der Waals surface area contributed by atoms with E-state index in [0.29, 0.717) is 5.92 Å². The molecule has 0 radical (unpaired) electrons. The average molecular weight is 199 g/mol. The Morgan fingerprint density at radius 2 is 2.00 bits per heavy atom. The fraction of sp³-hybridized carbons (Fsp3) is 0.700. The number of rotatable bonds is 3. The van der Waals surface area contributed by atoms with Gasteiger partial charge in [0.25, 0.3) is 0 Å². The molecule has 1 heterocycles. The summed E-state index contributed by atoms with van der Waals surface area (Å²) in [6, 6.07) is 0. The molecule has 1 N–H and O–H groups in total. The maximum absolute atomic E-state index is 9.22. The van der Waals surface area contributed by atoms with Crippen molar-refractivity contribution in [3.63, 3.8) is 0 Å². The first-order chi connectivity index (χ1) is 6.06. The second kappa shape index (κ2) is 4.20. The van der Waals surface area contributed by atoms with Gasteiger partial charge in [0.05, 0.1) is 17.3 Å². The molecule has 0 fully saturated rings. The molecule has 1 rings (SSSR count). The van der Waals surface area contributed by atoms with Gasteiger partial charge in [-0.2, -0.15) is 0 Å². The monoisotopic (exact) mass is 199 g/mol. The number of hydrogen-bond donors (Lipinski definition) is 1. The van der Waals surface area contributed by atoms with Gasteiger partial charge in [0.15, 0.2) is 0 Å². The van der Waals surface area contributed by atoms with Gasteiger partial charge in [-0.3, -0.25) is 0 Å². The van der Waals surface area contributed by atoms with Crippen LogP contribution in [0.2, 0.25) is 0 Å². The van der Waals surface area contributed by atoms with Crippen LogP contribution in [0.1, 0.15) is 35.3 Å². The van der Waals surface area contributed by atoms with E-state index in [9.17, 15) is 5.11 Å². The van der Waals surface area contributed by atoms with E-state index >= 15 is 0 Å². The lowest BCUT2D eigenvalue weighted by Gasteiger charge is -2.14. The normalized spacial score (nSPS) is 13.7. The van der Waals surface area contributed by atoms with Gasteiger partial charge in [-0.15, -0.1) is 11.3 Å². The summed E-state index contributed by atoms with van der Waals surface area (Å²) in [6.07, 6.45) is 0. The molecule has 0 amide bonds. The zero-order valence-electron chi connectivity index (χ0n) is 8.66. The summed E-state index contributed by atoms with van der Waals surface area (Å²) >= 11 is 1.70. The Bertz CT molecular complexity index is 261. The SMILES string of the molecule is Cc1nc(C(CO)C(C)C)sc1C. The van der Waals surface area contributed by atoms with Gasteiger partial charge in [-0.1, -0.05) is 13.8 Å². The molecule has 2 nitrogen and oxygen atoms in total. The van der Waals surface area contributed by atoms with Gasteiger partial charge in [0.2, 0.25) is 0 Å². The van der Waals surface area contributed by atoms with Crippen LogP contribution in [0.25, 0.3) is 0 Å². The molecular weight excluding hydrogens is 182 g/mol. The van der Waals surface area contributed by atoms with Gasteiger partial charge in [0, 0.05) is 10.8 Å². The predicted molar refractivity (Wildman–Crippen MR) is 56.3 cm³/mol. The molecule has 3 heteroatoms. The fourth-order valence-electron chi connectivity index (χ4n) is 1.23. The van der Waals surface area contributed by atoms with E-state index in [4.69, 9.17) is 0 Å². The third-order valence-electron chi connectivity index (χ3n) is 2.36. The highest BCUT2D eigenvalue weighted by molar-refractivity contribution is 7.11. The average Bonchev–Trinajstić information content (AvgIpc) is 2.32. The highest BCUT2D eigenvalue weighted by Gasteiger charge is 2.18. The molecule has 74 valence electrons. The van der Waals surface area contributed by atoms with Crippen molar-refractivity contribution >= 4 is 11.3 Å². The minimum absolute atomic E-state index is 0.198. The van der Waals surface area contributed by atoms with E-state index in [1.54, 1.807) is 11.3 Å². The van der Waals surface area contributed by atoms with E-state index < -0.39 is 0 Å². The molecule has 1 aromatic rings. The van der Waals surface area contributed by atoms with Gasteiger partial charge in [-0.25, -0.2) is 4.98 Å². The molecule has 1 atom stereocenters. The van der Waals surface area contributed by atoms with Crippen molar-refractivity contribution in [3.05, 3.63) is 15.6 Å². The molecule has 0 saturated heterocycles. The van der Waals surface area contributed by atoms with Crippen LogP contribution in [0.15, 0.2) is 0 Å². The number of aromatic nitrogens is 1. The van der Waals surface area contributed by atoms with Gasteiger partial charge in [0.1, 0.15) is 0 Å². The van der Waals surface area contributed by atoms with Crippen molar-refractivity contribution in [1.82, 2.24) is 4.98 Å². The van der Waals surface area contributed by atoms with Crippen molar-refractivity contribution in [3.8, 4) is 0 Å². The van der Waals surface area contributed by atoms with Gasteiger partial charge < -0.3 is 5.11 Å². The number of thiazole rings is 1. The van der Waals surface area contributed by atoms with Crippen LogP contribution in [0.4, 0.5) is 0 Å². The first kappa shape index (κ1) is 10.7. The van der Waals surface area contributed by atoms with Gasteiger partial charge in [-0.05, 0) is 19.8 Å². The van der Waals surface area contributed by atoms with Crippen LogP contribution >= 0.6 is 11.3 Å². The maximum atomic E-state index is 9.22.